The zero-order valence-corrected chi connectivity index (χ0v) is 28.5. The zero-order chi connectivity index (χ0) is 33.0. The first-order chi connectivity index (χ1) is 24.8. The van der Waals surface area contributed by atoms with Crippen molar-refractivity contribution in [3.8, 4) is 0 Å². The van der Waals surface area contributed by atoms with Crippen LogP contribution >= 0.6 is 0 Å². The molecule has 0 fully saturated rings. The maximum atomic E-state index is 2.66. The van der Waals surface area contributed by atoms with E-state index in [1.165, 1.54) is 72.3 Å². The third kappa shape index (κ3) is 4.92. The van der Waals surface area contributed by atoms with E-state index in [-0.39, 0.29) is 6.04 Å². The van der Waals surface area contributed by atoms with Crippen molar-refractivity contribution in [2.75, 3.05) is 4.90 Å². The first-order valence-corrected chi connectivity index (χ1v) is 18.6. The lowest BCUT2D eigenvalue weighted by Gasteiger charge is -2.33. The number of rotatable bonds is 5. The Hall–Kier alpha value is -5.34. The van der Waals surface area contributed by atoms with Crippen LogP contribution in [0, 0.1) is 0 Å². The van der Waals surface area contributed by atoms with E-state index in [1.807, 2.05) is 0 Å². The van der Waals surface area contributed by atoms with Gasteiger partial charge in [0.15, 0.2) is 0 Å². The Balaban J connectivity index is 1.07. The second-order valence-corrected chi connectivity index (χ2v) is 14.6. The molecule has 2 heteroatoms. The Morgan fingerprint density at radius 2 is 1.50 bits per heavy atom. The van der Waals surface area contributed by atoms with Crippen molar-refractivity contribution in [3.63, 3.8) is 0 Å². The first kappa shape index (κ1) is 29.6. The van der Waals surface area contributed by atoms with Gasteiger partial charge in [0.05, 0.1) is 17.1 Å². The smallest absolute Gasteiger partial charge is 0.0626 e. The molecule has 5 aliphatic carbocycles. The van der Waals surface area contributed by atoms with Crippen molar-refractivity contribution in [1.82, 2.24) is 4.57 Å². The van der Waals surface area contributed by atoms with Crippen LogP contribution in [0.1, 0.15) is 73.5 Å². The molecule has 0 radical (unpaired) electrons. The minimum atomic E-state index is 0.276. The van der Waals surface area contributed by atoms with E-state index in [0.717, 1.165) is 44.9 Å². The molecule has 0 N–H and O–H groups in total. The third-order valence-corrected chi connectivity index (χ3v) is 11.7. The van der Waals surface area contributed by atoms with Gasteiger partial charge in [0, 0.05) is 39.7 Å². The van der Waals surface area contributed by atoms with Gasteiger partial charge < -0.3 is 9.47 Å². The van der Waals surface area contributed by atoms with Gasteiger partial charge in [-0.1, -0.05) is 121 Å². The van der Waals surface area contributed by atoms with Crippen molar-refractivity contribution in [2.24, 2.45) is 0 Å². The molecule has 1 aliphatic heterocycles. The molecule has 0 saturated carbocycles. The van der Waals surface area contributed by atoms with Crippen molar-refractivity contribution < 1.29 is 0 Å². The lowest BCUT2D eigenvalue weighted by atomic mass is 9.84. The quantitative estimate of drug-likeness (QED) is 0.209. The molecule has 2 heterocycles. The van der Waals surface area contributed by atoms with Gasteiger partial charge in [-0.2, -0.15) is 0 Å². The number of hydrogen-bond donors (Lipinski definition) is 0. The van der Waals surface area contributed by atoms with Crippen LogP contribution in [0.25, 0.3) is 33.1 Å². The highest BCUT2D eigenvalue weighted by Crippen LogP contribution is 2.50. The Kier molecular flexibility index (Phi) is 7.22. The Morgan fingerprint density at radius 3 is 2.32 bits per heavy atom. The van der Waals surface area contributed by atoms with Crippen LogP contribution in [0.2, 0.25) is 0 Å². The molecule has 0 saturated heterocycles. The number of hydrogen-bond acceptors (Lipinski definition) is 1. The highest BCUT2D eigenvalue weighted by atomic mass is 15.2. The predicted molar refractivity (Wildman–Crippen MR) is 212 cm³/mol. The molecule has 0 spiro atoms. The van der Waals surface area contributed by atoms with Crippen LogP contribution in [-0.2, 0) is 0 Å². The van der Waals surface area contributed by atoms with Gasteiger partial charge in [-0.05, 0) is 109 Å². The summed E-state index contributed by atoms with van der Waals surface area (Å²) in [6.45, 7) is 0. The van der Waals surface area contributed by atoms with E-state index in [2.05, 4.69) is 161 Å². The summed E-state index contributed by atoms with van der Waals surface area (Å²) in [6.07, 6.45) is 42.7. The summed E-state index contributed by atoms with van der Waals surface area (Å²) in [5, 5.41) is 2.65. The number of aromatic nitrogens is 1. The summed E-state index contributed by atoms with van der Waals surface area (Å²) in [5.41, 5.74) is 15.3. The highest BCUT2D eigenvalue weighted by Gasteiger charge is 2.40. The molecule has 3 atom stereocenters. The maximum Gasteiger partial charge on any atom is 0.0626 e. The summed E-state index contributed by atoms with van der Waals surface area (Å²) in [5.74, 6) is 0.726. The number of para-hydroxylation sites is 1. The van der Waals surface area contributed by atoms with Gasteiger partial charge in [0.2, 0.25) is 0 Å². The number of fused-ring (bicyclic) bond motifs is 6. The van der Waals surface area contributed by atoms with Gasteiger partial charge >= 0.3 is 0 Å². The largest absolute Gasteiger partial charge is 0.337 e. The van der Waals surface area contributed by atoms with E-state index in [0.29, 0.717) is 11.8 Å². The van der Waals surface area contributed by atoms with Crippen LogP contribution in [0.4, 0.5) is 5.69 Å². The Morgan fingerprint density at radius 1 is 0.620 bits per heavy atom. The number of nitrogens with zero attached hydrogens (tertiary/aromatic N) is 2. The lowest BCUT2D eigenvalue weighted by Crippen LogP contribution is -2.33. The van der Waals surface area contributed by atoms with Gasteiger partial charge in [0.25, 0.3) is 0 Å². The van der Waals surface area contributed by atoms with E-state index in [4.69, 9.17) is 0 Å². The molecule has 10 rings (SSSR count). The van der Waals surface area contributed by atoms with Gasteiger partial charge in [-0.3, -0.25) is 0 Å². The summed E-state index contributed by atoms with van der Waals surface area (Å²) in [6, 6.07) is 23.6. The number of benzene rings is 3. The van der Waals surface area contributed by atoms with Gasteiger partial charge in [-0.25, -0.2) is 0 Å². The van der Waals surface area contributed by atoms with E-state index >= 15 is 0 Å². The summed E-state index contributed by atoms with van der Waals surface area (Å²) in [7, 11) is 0. The van der Waals surface area contributed by atoms with Crippen molar-refractivity contribution in [1.29, 1.82) is 0 Å². The molecule has 0 bridgehead atoms. The molecule has 50 heavy (non-hydrogen) atoms. The van der Waals surface area contributed by atoms with Crippen LogP contribution < -0.4 is 4.90 Å². The molecular formula is C48H42N2. The average Bonchev–Trinajstić information content (AvgIpc) is 3.70. The molecule has 3 aromatic carbocycles. The van der Waals surface area contributed by atoms with Crippen LogP contribution in [0.3, 0.4) is 0 Å². The molecular weight excluding hydrogens is 605 g/mol. The lowest BCUT2D eigenvalue weighted by molar-refractivity contribution is 0.697. The average molecular weight is 647 g/mol. The zero-order valence-electron chi connectivity index (χ0n) is 28.5. The second-order valence-electron chi connectivity index (χ2n) is 14.6. The minimum absolute atomic E-state index is 0.276. The fourth-order valence-corrected chi connectivity index (χ4v) is 9.21. The summed E-state index contributed by atoms with van der Waals surface area (Å²) < 4.78 is 2.51. The molecule has 0 amide bonds. The molecule has 1 aromatic heterocycles. The normalized spacial score (nSPS) is 23.8. The fourth-order valence-electron chi connectivity index (χ4n) is 9.21. The summed E-state index contributed by atoms with van der Waals surface area (Å²) >= 11 is 0. The fraction of sp³-hybridized carbons (Fsp3) is 0.208. The van der Waals surface area contributed by atoms with Crippen LogP contribution in [0.15, 0.2) is 169 Å². The Bertz CT molecular complexity index is 2370. The van der Waals surface area contributed by atoms with Crippen LogP contribution in [-0.4, -0.2) is 10.6 Å². The molecule has 4 aromatic rings. The monoisotopic (exact) mass is 646 g/mol. The van der Waals surface area contributed by atoms with E-state index in [1.54, 1.807) is 0 Å². The number of anilines is 1. The standard InChI is InChI=1S/C48H42N2/c1-4-12-33(13-5-1)35-20-25-40(26-21-35)49-46-28-23-36(34-14-6-2-7-15-34)30-43(46)44-31-37(24-29-47(44)49)38-22-27-42-41-18-10-11-19-45(41)50(48(42)32-38)39-16-8-3-9-17-39/h1-4,6-8,10-12,14,16,18-20,22-25,27-32,34,44,47H,5,9,13,15,17,21,26H2. The van der Waals surface area contributed by atoms with Gasteiger partial charge in [0.1, 0.15) is 0 Å². The van der Waals surface area contributed by atoms with Crippen molar-refractivity contribution in [2.45, 2.75) is 62.8 Å². The number of allylic oxidation sites excluding steroid dienone is 18. The molecule has 3 unspecified atom stereocenters. The van der Waals surface area contributed by atoms with Gasteiger partial charge in [-0.15, -0.1) is 0 Å². The molecule has 6 aliphatic rings. The van der Waals surface area contributed by atoms with Crippen molar-refractivity contribution >= 4 is 38.8 Å². The maximum absolute atomic E-state index is 2.66. The van der Waals surface area contributed by atoms with E-state index in [9.17, 15) is 0 Å². The second kappa shape index (κ2) is 12.2. The predicted octanol–water partition coefficient (Wildman–Crippen LogP) is 12.4. The Labute approximate surface area is 295 Å². The van der Waals surface area contributed by atoms with E-state index < -0.39 is 0 Å². The van der Waals surface area contributed by atoms with Crippen LogP contribution in [0.5, 0.6) is 0 Å². The topological polar surface area (TPSA) is 8.17 Å². The third-order valence-electron chi connectivity index (χ3n) is 11.7. The SMILES string of the molecule is C1=CCCC(C2=CC=C(N3c4ccc(C5C=CC=CC5)cc4C4C=C(c5ccc6c7ccccc7n(C7=CC=CCC7)c6c5)C=CC43)CC2)=C1. The van der Waals surface area contributed by atoms with Crippen molar-refractivity contribution in [3.05, 3.63) is 185 Å². The highest BCUT2D eigenvalue weighted by molar-refractivity contribution is 6.11. The summed E-state index contributed by atoms with van der Waals surface area (Å²) in [4.78, 5) is 2.66. The molecule has 2 nitrogen and oxygen atoms in total. The molecule has 244 valence electrons. The minimum Gasteiger partial charge on any atom is -0.337 e. The first-order valence-electron chi connectivity index (χ1n) is 18.6.